The first-order chi connectivity index (χ1) is 6.84. The van der Waals surface area contributed by atoms with Crippen molar-refractivity contribution in [3.05, 3.63) is 51.9 Å². The lowest BCUT2D eigenvalue weighted by atomic mass is 10.2. The number of aryl methyl sites for hydroxylation is 2. The van der Waals surface area contributed by atoms with E-state index in [9.17, 15) is 0 Å². The van der Waals surface area contributed by atoms with Gasteiger partial charge in [0.15, 0.2) is 0 Å². The van der Waals surface area contributed by atoms with E-state index in [0.29, 0.717) is 0 Å². The highest BCUT2D eigenvalue weighted by Crippen LogP contribution is 2.03. The second-order valence-electron chi connectivity index (χ2n) is 3.14. The molecule has 1 heterocycles. The van der Waals surface area contributed by atoms with E-state index in [0.717, 1.165) is 16.7 Å². The first-order valence-electron chi connectivity index (χ1n) is 4.57. The Labute approximate surface area is 97.1 Å². The molecule has 0 radical (unpaired) electrons. The third-order valence-corrected chi connectivity index (χ3v) is 2.66. The van der Waals surface area contributed by atoms with Gasteiger partial charge in [0.2, 0.25) is 0 Å². The number of rotatable bonds is 3. The summed E-state index contributed by atoms with van der Waals surface area (Å²) in [6.45, 7) is 0.951. The van der Waals surface area contributed by atoms with Gasteiger partial charge >= 0.3 is 0 Å². The Bertz CT molecular complexity index is 395. The fourth-order valence-corrected chi connectivity index (χ4v) is 1.79. The highest BCUT2D eigenvalue weighted by molar-refractivity contribution is 14.1. The van der Waals surface area contributed by atoms with Crippen molar-refractivity contribution in [2.75, 3.05) is 0 Å². The average molecular weight is 298 g/mol. The van der Waals surface area contributed by atoms with Crippen LogP contribution in [0.3, 0.4) is 0 Å². The van der Waals surface area contributed by atoms with E-state index in [-0.39, 0.29) is 0 Å². The monoisotopic (exact) mass is 298 g/mol. The van der Waals surface area contributed by atoms with Crippen LogP contribution in [0, 0.1) is 3.70 Å². The number of hydrogen-bond donors (Lipinski definition) is 0. The molecule has 2 rings (SSSR count). The van der Waals surface area contributed by atoms with Gasteiger partial charge in [-0.15, -0.1) is 0 Å². The summed E-state index contributed by atoms with van der Waals surface area (Å²) in [6, 6.07) is 12.5. The van der Waals surface area contributed by atoms with Crippen LogP contribution in [-0.4, -0.2) is 9.78 Å². The van der Waals surface area contributed by atoms with E-state index in [1.807, 2.05) is 23.0 Å². The smallest absolute Gasteiger partial charge is 0.123 e. The third kappa shape index (κ3) is 2.57. The maximum absolute atomic E-state index is 4.33. The fraction of sp³-hybridized carbons (Fsp3) is 0.182. The Morgan fingerprint density at radius 2 is 1.93 bits per heavy atom. The summed E-state index contributed by atoms with van der Waals surface area (Å²) in [7, 11) is 0. The predicted molar refractivity (Wildman–Crippen MR) is 65.1 cm³/mol. The number of hydrogen-bond acceptors (Lipinski definition) is 1. The standard InChI is InChI=1S/C11H11IN2/c12-11-7-9-14(13-11)8-6-10-4-2-1-3-5-10/h1-5,7,9H,6,8H2. The first kappa shape index (κ1) is 9.71. The minimum atomic E-state index is 0.951. The molecule has 0 unspecified atom stereocenters. The molecule has 0 aliphatic heterocycles. The van der Waals surface area contributed by atoms with Gasteiger partial charge in [0.1, 0.15) is 3.70 Å². The molecule has 0 saturated carbocycles. The fourth-order valence-electron chi connectivity index (χ4n) is 1.35. The highest BCUT2D eigenvalue weighted by atomic mass is 127. The Hall–Kier alpha value is -0.840. The Balaban J connectivity index is 1.95. The summed E-state index contributed by atoms with van der Waals surface area (Å²) in [6.07, 6.45) is 3.06. The maximum Gasteiger partial charge on any atom is 0.123 e. The van der Waals surface area contributed by atoms with Crippen molar-refractivity contribution in [1.82, 2.24) is 9.78 Å². The molecule has 0 amide bonds. The Kier molecular flexibility index (Phi) is 3.18. The van der Waals surface area contributed by atoms with E-state index in [1.54, 1.807) is 0 Å². The first-order valence-corrected chi connectivity index (χ1v) is 5.65. The van der Waals surface area contributed by atoms with Crippen molar-refractivity contribution < 1.29 is 0 Å². The van der Waals surface area contributed by atoms with Gasteiger partial charge in [-0.3, -0.25) is 4.68 Å². The molecule has 0 aliphatic carbocycles. The van der Waals surface area contributed by atoms with Crippen LogP contribution < -0.4 is 0 Å². The van der Waals surface area contributed by atoms with Crippen molar-refractivity contribution in [2.45, 2.75) is 13.0 Å². The number of benzene rings is 1. The van der Waals surface area contributed by atoms with Gasteiger partial charge in [0, 0.05) is 12.7 Å². The number of aromatic nitrogens is 2. The normalized spacial score (nSPS) is 10.4. The van der Waals surface area contributed by atoms with Crippen molar-refractivity contribution >= 4 is 22.6 Å². The SMILES string of the molecule is Ic1ccn(CCc2ccccc2)n1. The average Bonchev–Trinajstić information content (AvgIpc) is 2.63. The van der Waals surface area contributed by atoms with Gasteiger partial charge in [-0.05, 0) is 40.6 Å². The summed E-state index contributed by atoms with van der Waals surface area (Å²) in [4.78, 5) is 0. The molecule has 0 bridgehead atoms. The van der Waals surface area contributed by atoms with Gasteiger partial charge < -0.3 is 0 Å². The second-order valence-corrected chi connectivity index (χ2v) is 4.24. The van der Waals surface area contributed by atoms with Crippen LogP contribution in [-0.2, 0) is 13.0 Å². The highest BCUT2D eigenvalue weighted by Gasteiger charge is 1.95. The van der Waals surface area contributed by atoms with Crippen LogP contribution in [0.25, 0.3) is 0 Å². The molecule has 3 heteroatoms. The lowest BCUT2D eigenvalue weighted by Gasteiger charge is -2.01. The molecule has 72 valence electrons. The molecule has 2 aromatic rings. The van der Waals surface area contributed by atoms with Crippen LogP contribution in [0.15, 0.2) is 42.6 Å². The molecule has 0 N–H and O–H groups in total. The molecule has 0 saturated heterocycles. The van der Waals surface area contributed by atoms with Gasteiger partial charge in [0.05, 0.1) is 0 Å². The number of halogens is 1. The zero-order valence-electron chi connectivity index (χ0n) is 7.73. The lowest BCUT2D eigenvalue weighted by molar-refractivity contribution is 0.611. The summed E-state index contributed by atoms with van der Waals surface area (Å²) >= 11 is 2.22. The van der Waals surface area contributed by atoms with Gasteiger partial charge in [-0.2, -0.15) is 5.10 Å². The summed E-state index contributed by atoms with van der Waals surface area (Å²) in [5.74, 6) is 0. The van der Waals surface area contributed by atoms with Crippen LogP contribution in [0.2, 0.25) is 0 Å². The van der Waals surface area contributed by atoms with Crippen molar-refractivity contribution in [3.8, 4) is 0 Å². The minimum absolute atomic E-state index is 0.951. The van der Waals surface area contributed by atoms with Gasteiger partial charge in [-0.1, -0.05) is 30.3 Å². The summed E-state index contributed by atoms with van der Waals surface area (Å²) in [5, 5.41) is 4.33. The number of nitrogens with zero attached hydrogens (tertiary/aromatic N) is 2. The Morgan fingerprint density at radius 1 is 1.14 bits per heavy atom. The molecular formula is C11H11IN2. The summed E-state index contributed by atoms with van der Waals surface area (Å²) < 4.78 is 3.03. The minimum Gasteiger partial charge on any atom is -0.271 e. The molecule has 0 fully saturated rings. The van der Waals surface area contributed by atoms with Crippen LogP contribution in [0.1, 0.15) is 5.56 Å². The van der Waals surface area contributed by atoms with Crippen molar-refractivity contribution in [2.24, 2.45) is 0 Å². The van der Waals surface area contributed by atoms with E-state index < -0.39 is 0 Å². The molecule has 0 spiro atoms. The van der Waals surface area contributed by atoms with Crippen LogP contribution >= 0.6 is 22.6 Å². The van der Waals surface area contributed by atoms with E-state index in [1.165, 1.54) is 5.56 Å². The molecule has 2 nitrogen and oxygen atoms in total. The largest absolute Gasteiger partial charge is 0.271 e. The summed E-state index contributed by atoms with van der Waals surface area (Å²) in [5.41, 5.74) is 1.36. The van der Waals surface area contributed by atoms with Gasteiger partial charge in [-0.25, -0.2) is 0 Å². The van der Waals surface area contributed by atoms with Crippen LogP contribution in [0.4, 0.5) is 0 Å². The zero-order valence-corrected chi connectivity index (χ0v) is 9.89. The topological polar surface area (TPSA) is 17.8 Å². The predicted octanol–water partition coefficient (Wildman–Crippen LogP) is 2.73. The third-order valence-electron chi connectivity index (χ3n) is 2.08. The zero-order chi connectivity index (χ0) is 9.80. The van der Waals surface area contributed by atoms with Crippen LogP contribution in [0.5, 0.6) is 0 Å². The van der Waals surface area contributed by atoms with Crippen molar-refractivity contribution in [1.29, 1.82) is 0 Å². The lowest BCUT2D eigenvalue weighted by Crippen LogP contribution is -2.01. The molecule has 14 heavy (non-hydrogen) atoms. The second kappa shape index (κ2) is 4.59. The Morgan fingerprint density at radius 3 is 2.57 bits per heavy atom. The van der Waals surface area contributed by atoms with Gasteiger partial charge in [0.25, 0.3) is 0 Å². The van der Waals surface area contributed by atoms with Crippen molar-refractivity contribution in [3.63, 3.8) is 0 Å². The molecule has 1 aromatic heterocycles. The quantitative estimate of drug-likeness (QED) is 0.797. The van der Waals surface area contributed by atoms with E-state index in [2.05, 4.69) is 52.0 Å². The van der Waals surface area contributed by atoms with E-state index in [4.69, 9.17) is 0 Å². The molecule has 0 atom stereocenters. The van der Waals surface area contributed by atoms with E-state index >= 15 is 0 Å². The molecule has 0 aliphatic rings. The molecule has 1 aromatic carbocycles. The molecular weight excluding hydrogens is 287 g/mol. The maximum atomic E-state index is 4.33.